The number of nitrogens with one attached hydrogen (secondary N) is 1. The fourth-order valence-electron chi connectivity index (χ4n) is 4.39. The number of amides is 2. The van der Waals surface area contributed by atoms with Gasteiger partial charge in [0.1, 0.15) is 4.21 Å². The van der Waals surface area contributed by atoms with E-state index in [2.05, 4.69) is 12.2 Å². The molecule has 2 aromatic rings. The first-order chi connectivity index (χ1) is 15.8. The third kappa shape index (κ3) is 5.31. The number of hydrogen-bond acceptors (Lipinski definition) is 5. The van der Waals surface area contributed by atoms with E-state index in [4.69, 9.17) is 0 Å². The van der Waals surface area contributed by atoms with Gasteiger partial charge in [-0.25, -0.2) is 8.42 Å². The number of anilines is 1. The van der Waals surface area contributed by atoms with E-state index in [1.54, 1.807) is 5.38 Å². The number of sulfonamides is 1. The monoisotopic (exact) mass is 489 g/mol. The van der Waals surface area contributed by atoms with E-state index in [9.17, 15) is 18.0 Å². The molecule has 7 nitrogen and oxygen atoms in total. The van der Waals surface area contributed by atoms with Crippen molar-refractivity contribution in [2.75, 3.05) is 31.5 Å². The van der Waals surface area contributed by atoms with Crippen molar-refractivity contribution in [2.24, 2.45) is 11.8 Å². The molecule has 2 aliphatic heterocycles. The Morgan fingerprint density at radius 2 is 1.70 bits per heavy atom. The van der Waals surface area contributed by atoms with Gasteiger partial charge in [-0.2, -0.15) is 4.31 Å². The van der Waals surface area contributed by atoms with Gasteiger partial charge in [-0.05, 0) is 56.2 Å². The predicted octanol–water partition coefficient (Wildman–Crippen LogP) is 3.97. The maximum atomic E-state index is 13.2. The molecular weight excluding hydrogens is 458 g/mol. The lowest BCUT2D eigenvalue weighted by Gasteiger charge is -2.30. The van der Waals surface area contributed by atoms with Crippen LogP contribution in [-0.2, 0) is 14.8 Å². The van der Waals surface area contributed by atoms with Gasteiger partial charge in [0.05, 0.1) is 5.56 Å². The van der Waals surface area contributed by atoms with E-state index in [1.807, 2.05) is 36.1 Å². The molecule has 33 heavy (non-hydrogen) atoms. The van der Waals surface area contributed by atoms with Crippen molar-refractivity contribution < 1.29 is 18.0 Å². The number of piperidine rings is 2. The van der Waals surface area contributed by atoms with E-state index in [0.717, 1.165) is 48.5 Å². The summed E-state index contributed by atoms with van der Waals surface area (Å²) in [5.41, 5.74) is 2.23. The summed E-state index contributed by atoms with van der Waals surface area (Å²) in [6.45, 7) is 6.15. The summed E-state index contributed by atoms with van der Waals surface area (Å²) in [5.74, 6) is 0.236. The molecule has 0 spiro atoms. The van der Waals surface area contributed by atoms with Gasteiger partial charge < -0.3 is 10.2 Å². The molecule has 0 saturated carbocycles. The van der Waals surface area contributed by atoms with Crippen molar-refractivity contribution in [3.8, 4) is 0 Å². The number of nitrogens with zero attached hydrogens (tertiary/aromatic N) is 2. The molecule has 0 aliphatic carbocycles. The molecule has 3 heterocycles. The van der Waals surface area contributed by atoms with Crippen LogP contribution in [0.4, 0.5) is 5.69 Å². The highest BCUT2D eigenvalue weighted by Gasteiger charge is 2.34. The van der Waals surface area contributed by atoms with Crippen LogP contribution in [-0.4, -0.2) is 55.6 Å². The summed E-state index contributed by atoms with van der Waals surface area (Å²) >= 11 is 1.10. The number of likely N-dealkylation sites (tertiary alicyclic amines) is 1. The van der Waals surface area contributed by atoms with E-state index in [-0.39, 0.29) is 21.9 Å². The van der Waals surface area contributed by atoms with E-state index < -0.39 is 10.0 Å². The van der Waals surface area contributed by atoms with Gasteiger partial charge in [0.25, 0.3) is 15.9 Å². The summed E-state index contributed by atoms with van der Waals surface area (Å²) in [6.07, 6.45) is 2.90. The van der Waals surface area contributed by atoms with Crippen LogP contribution >= 0.6 is 11.3 Å². The van der Waals surface area contributed by atoms with Gasteiger partial charge in [0, 0.05) is 43.2 Å². The quantitative estimate of drug-likeness (QED) is 0.689. The number of carbonyl (C=O) groups excluding carboxylic acids is 2. The molecule has 0 radical (unpaired) electrons. The van der Waals surface area contributed by atoms with Crippen molar-refractivity contribution in [2.45, 2.75) is 43.7 Å². The standard InChI is InChI=1S/C24H31N3O4S2/c1-17-7-11-26(12-8-17)24(29)20-15-22(32-16-20)33(30,31)27-13-9-19(10-14-27)23(28)25-21-6-4-3-5-18(21)2/h3-6,15-17,19H,7-14H2,1-2H3,(H,25,28). The molecule has 0 bridgehead atoms. The van der Waals surface area contributed by atoms with Gasteiger partial charge in [-0.15, -0.1) is 11.3 Å². The number of hydrogen-bond donors (Lipinski definition) is 1. The average molecular weight is 490 g/mol. The molecule has 0 atom stereocenters. The van der Waals surface area contributed by atoms with Crippen LogP contribution in [0.3, 0.4) is 0 Å². The summed E-state index contributed by atoms with van der Waals surface area (Å²) < 4.78 is 28.0. The molecular formula is C24H31N3O4S2. The summed E-state index contributed by atoms with van der Waals surface area (Å²) in [5, 5.41) is 4.62. The van der Waals surface area contributed by atoms with Gasteiger partial charge in [0.2, 0.25) is 5.91 Å². The Labute approximate surface area is 199 Å². The van der Waals surface area contributed by atoms with Gasteiger partial charge in [-0.3, -0.25) is 9.59 Å². The smallest absolute Gasteiger partial charge is 0.254 e. The highest BCUT2D eigenvalue weighted by atomic mass is 32.2. The fourth-order valence-corrected chi connectivity index (χ4v) is 7.17. The number of para-hydroxylation sites is 1. The third-order valence-electron chi connectivity index (χ3n) is 6.72. The second-order valence-electron chi connectivity index (χ2n) is 9.11. The predicted molar refractivity (Wildman–Crippen MR) is 130 cm³/mol. The zero-order valence-corrected chi connectivity index (χ0v) is 20.8. The molecule has 1 aromatic carbocycles. The van der Waals surface area contributed by atoms with Crippen molar-refractivity contribution in [1.82, 2.24) is 9.21 Å². The Bertz CT molecular complexity index is 1110. The first-order valence-corrected chi connectivity index (χ1v) is 13.8. The Morgan fingerprint density at radius 3 is 2.36 bits per heavy atom. The van der Waals surface area contributed by atoms with Gasteiger partial charge >= 0.3 is 0 Å². The van der Waals surface area contributed by atoms with Gasteiger partial charge in [-0.1, -0.05) is 25.1 Å². The lowest BCUT2D eigenvalue weighted by molar-refractivity contribution is -0.120. The fraction of sp³-hybridized carbons (Fsp3) is 0.500. The number of benzene rings is 1. The molecule has 2 fully saturated rings. The highest BCUT2D eigenvalue weighted by Crippen LogP contribution is 2.30. The minimum Gasteiger partial charge on any atom is -0.339 e. The van der Waals surface area contributed by atoms with Crippen molar-refractivity contribution in [1.29, 1.82) is 0 Å². The molecule has 0 unspecified atom stereocenters. The zero-order chi connectivity index (χ0) is 23.6. The van der Waals surface area contributed by atoms with Crippen LogP contribution in [0.1, 0.15) is 48.5 Å². The largest absolute Gasteiger partial charge is 0.339 e. The molecule has 2 saturated heterocycles. The number of rotatable bonds is 5. The van der Waals surface area contributed by atoms with Crippen LogP contribution in [0, 0.1) is 18.8 Å². The SMILES string of the molecule is Cc1ccccc1NC(=O)C1CCN(S(=O)(=O)c2cc(C(=O)N3CCC(C)CC3)cs2)CC1. The topological polar surface area (TPSA) is 86.8 Å². The lowest BCUT2D eigenvalue weighted by atomic mass is 9.97. The number of aryl methyl sites for hydroxylation is 1. The first-order valence-electron chi connectivity index (χ1n) is 11.5. The van der Waals surface area contributed by atoms with E-state index >= 15 is 0 Å². The minimum atomic E-state index is -3.68. The Balaban J connectivity index is 1.36. The van der Waals surface area contributed by atoms with E-state index in [1.165, 1.54) is 10.4 Å². The molecule has 9 heteroatoms. The molecule has 4 rings (SSSR count). The Morgan fingerprint density at radius 1 is 1.03 bits per heavy atom. The van der Waals surface area contributed by atoms with Crippen molar-refractivity contribution in [3.63, 3.8) is 0 Å². The Kier molecular flexibility index (Phi) is 7.21. The van der Waals surface area contributed by atoms with E-state index in [0.29, 0.717) is 37.4 Å². The molecule has 1 aromatic heterocycles. The van der Waals surface area contributed by atoms with Crippen LogP contribution in [0.2, 0.25) is 0 Å². The van der Waals surface area contributed by atoms with Crippen molar-refractivity contribution in [3.05, 3.63) is 46.8 Å². The average Bonchev–Trinajstić information content (AvgIpc) is 3.32. The summed E-state index contributed by atoms with van der Waals surface area (Å²) in [6, 6.07) is 9.12. The molecule has 1 N–H and O–H groups in total. The maximum absolute atomic E-state index is 13.2. The summed E-state index contributed by atoms with van der Waals surface area (Å²) in [7, 11) is -3.68. The second-order valence-corrected chi connectivity index (χ2v) is 12.2. The first kappa shape index (κ1) is 23.9. The lowest BCUT2D eigenvalue weighted by Crippen LogP contribution is -2.41. The zero-order valence-electron chi connectivity index (χ0n) is 19.1. The number of thiophene rings is 1. The van der Waals surface area contributed by atoms with Crippen LogP contribution in [0.5, 0.6) is 0 Å². The minimum absolute atomic E-state index is 0.0683. The number of carbonyl (C=O) groups is 2. The van der Waals surface area contributed by atoms with Gasteiger partial charge in [0.15, 0.2) is 0 Å². The third-order valence-corrected chi connectivity index (χ3v) is 10.0. The Hall–Kier alpha value is -2.23. The molecule has 2 amide bonds. The maximum Gasteiger partial charge on any atom is 0.254 e. The molecule has 2 aliphatic rings. The van der Waals surface area contributed by atoms with Crippen LogP contribution in [0.15, 0.2) is 39.9 Å². The normalized spacial score (nSPS) is 18.9. The summed E-state index contributed by atoms with van der Waals surface area (Å²) in [4.78, 5) is 27.3. The van der Waals surface area contributed by atoms with Crippen LogP contribution in [0.25, 0.3) is 0 Å². The van der Waals surface area contributed by atoms with Crippen LogP contribution < -0.4 is 5.32 Å². The highest BCUT2D eigenvalue weighted by molar-refractivity contribution is 7.91. The van der Waals surface area contributed by atoms with Crippen molar-refractivity contribution >= 4 is 38.9 Å². The molecule has 178 valence electrons. The second kappa shape index (κ2) is 9.95.